The van der Waals surface area contributed by atoms with Gasteiger partial charge in [-0.15, -0.1) is 0 Å². The molecule has 1 atom stereocenters. The lowest BCUT2D eigenvalue weighted by Crippen LogP contribution is -2.32. The van der Waals surface area contributed by atoms with Crippen LogP contribution in [0.5, 0.6) is 0 Å². The SMILES string of the molecule is O=C(NCC(C(=O)O)c1ccccc1)c1ccn(C2CCCC2)n1. The normalized spacial score (nSPS) is 16.0. The van der Waals surface area contributed by atoms with Crippen molar-refractivity contribution < 1.29 is 14.7 Å². The molecular weight excluding hydrogens is 306 g/mol. The van der Waals surface area contributed by atoms with E-state index >= 15 is 0 Å². The fourth-order valence-corrected chi connectivity index (χ4v) is 3.15. The van der Waals surface area contributed by atoms with E-state index in [-0.39, 0.29) is 12.5 Å². The predicted molar refractivity (Wildman–Crippen MR) is 88.9 cm³/mol. The molecule has 126 valence electrons. The van der Waals surface area contributed by atoms with E-state index < -0.39 is 11.9 Å². The maximum atomic E-state index is 12.3. The van der Waals surface area contributed by atoms with E-state index in [2.05, 4.69) is 10.4 Å². The standard InChI is InChI=1S/C18H21N3O3/c22-17(16-10-11-21(20-16)14-8-4-5-9-14)19-12-15(18(23)24)13-6-2-1-3-7-13/h1-3,6-7,10-11,14-15H,4-5,8-9,12H2,(H,19,22)(H,23,24). The van der Waals surface area contributed by atoms with Crippen LogP contribution in [0.25, 0.3) is 0 Å². The molecule has 24 heavy (non-hydrogen) atoms. The highest BCUT2D eigenvalue weighted by atomic mass is 16.4. The van der Waals surface area contributed by atoms with E-state index in [0.29, 0.717) is 17.3 Å². The minimum Gasteiger partial charge on any atom is -0.481 e. The number of aliphatic carboxylic acids is 1. The van der Waals surface area contributed by atoms with E-state index in [0.717, 1.165) is 12.8 Å². The fourth-order valence-electron chi connectivity index (χ4n) is 3.15. The third-order valence-electron chi connectivity index (χ3n) is 4.51. The molecule has 1 amide bonds. The second-order valence-corrected chi connectivity index (χ2v) is 6.13. The van der Waals surface area contributed by atoms with Crippen molar-refractivity contribution in [1.82, 2.24) is 15.1 Å². The number of aromatic nitrogens is 2. The van der Waals surface area contributed by atoms with Gasteiger partial charge in [-0.3, -0.25) is 14.3 Å². The lowest BCUT2D eigenvalue weighted by Gasteiger charge is -2.13. The molecule has 1 fully saturated rings. The highest BCUT2D eigenvalue weighted by Crippen LogP contribution is 2.28. The molecule has 0 bridgehead atoms. The molecule has 0 saturated heterocycles. The van der Waals surface area contributed by atoms with Crippen molar-refractivity contribution in [3.8, 4) is 0 Å². The van der Waals surface area contributed by atoms with Crippen molar-refractivity contribution in [3.05, 3.63) is 53.9 Å². The van der Waals surface area contributed by atoms with Crippen LogP contribution in [0.4, 0.5) is 0 Å². The third kappa shape index (κ3) is 3.64. The van der Waals surface area contributed by atoms with Crippen LogP contribution in [0.15, 0.2) is 42.6 Å². The van der Waals surface area contributed by atoms with Crippen molar-refractivity contribution in [2.24, 2.45) is 0 Å². The molecule has 0 aliphatic heterocycles. The molecule has 0 spiro atoms. The first-order valence-corrected chi connectivity index (χ1v) is 8.26. The summed E-state index contributed by atoms with van der Waals surface area (Å²) in [6.45, 7) is 0.0362. The van der Waals surface area contributed by atoms with Crippen molar-refractivity contribution in [2.45, 2.75) is 37.6 Å². The molecule has 1 unspecified atom stereocenters. The number of nitrogens with one attached hydrogen (secondary N) is 1. The minimum absolute atomic E-state index is 0.0362. The molecule has 1 saturated carbocycles. The Morgan fingerprint density at radius 3 is 2.58 bits per heavy atom. The van der Waals surface area contributed by atoms with Gasteiger partial charge in [-0.05, 0) is 24.5 Å². The van der Waals surface area contributed by atoms with Gasteiger partial charge in [0.05, 0.1) is 12.0 Å². The second kappa shape index (κ2) is 7.29. The van der Waals surface area contributed by atoms with Gasteiger partial charge < -0.3 is 10.4 Å². The summed E-state index contributed by atoms with van der Waals surface area (Å²) < 4.78 is 1.85. The number of amides is 1. The van der Waals surface area contributed by atoms with Crippen molar-refractivity contribution in [2.75, 3.05) is 6.54 Å². The number of carbonyl (C=O) groups is 2. The number of carboxylic acid groups (broad SMARTS) is 1. The summed E-state index contributed by atoms with van der Waals surface area (Å²) >= 11 is 0. The number of benzene rings is 1. The molecule has 1 aromatic carbocycles. The Kier molecular flexibility index (Phi) is 4.93. The van der Waals surface area contributed by atoms with Gasteiger partial charge in [-0.2, -0.15) is 5.10 Å². The highest BCUT2D eigenvalue weighted by molar-refractivity contribution is 5.92. The summed E-state index contributed by atoms with van der Waals surface area (Å²) in [7, 11) is 0. The van der Waals surface area contributed by atoms with Crippen molar-refractivity contribution in [1.29, 1.82) is 0 Å². The zero-order chi connectivity index (χ0) is 16.9. The van der Waals surface area contributed by atoms with Crippen LogP contribution in [-0.2, 0) is 4.79 Å². The Morgan fingerprint density at radius 2 is 1.92 bits per heavy atom. The van der Waals surface area contributed by atoms with E-state index in [1.807, 2.05) is 16.9 Å². The van der Waals surface area contributed by atoms with Crippen LogP contribution >= 0.6 is 0 Å². The van der Waals surface area contributed by atoms with E-state index in [1.165, 1.54) is 12.8 Å². The van der Waals surface area contributed by atoms with Gasteiger partial charge in [0, 0.05) is 12.7 Å². The summed E-state index contributed by atoms with van der Waals surface area (Å²) in [5, 5.41) is 16.4. The molecule has 2 aromatic rings. The van der Waals surface area contributed by atoms with Crippen LogP contribution in [0.1, 0.15) is 53.7 Å². The first kappa shape index (κ1) is 16.2. The van der Waals surface area contributed by atoms with Crippen LogP contribution < -0.4 is 5.32 Å². The van der Waals surface area contributed by atoms with Gasteiger partial charge in [0.25, 0.3) is 5.91 Å². The maximum Gasteiger partial charge on any atom is 0.312 e. The van der Waals surface area contributed by atoms with Gasteiger partial charge >= 0.3 is 5.97 Å². The lowest BCUT2D eigenvalue weighted by molar-refractivity contribution is -0.138. The number of rotatable bonds is 6. The highest BCUT2D eigenvalue weighted by Gasteiger charge is 2.22. The van der Waals surface area contributed by atoms with Gasteiger partial charge in [0.2, 0.25) is 0 Å². The van der Waals surface area contributed by atoms with Gasteiger partial charge in [0.1, 0.15) is 5.69 Å². The first-order valence-electron chi connectivity index (χ1n) is 8.26. The Balaban J connectivity index is 1.62. The van der Waals surface area contributed by atoms with Crippen LogP contribution in [0.3, 0.4) is 0 Å². The predicted octanol–water partition coefficient (Wildman–Crippen LogP) is 2.60. The number of carbonyl (C=O) groups excluding carboxylic acids is 1. The monoisotopic (exact) mass is 327 g/mol. The van der Waals surface area contributed by atoms with Crippen LogP contribution in [-0.4, -0.2) is 33.3 Å². The molecule has 1 aromatic heterocycles. The Hall–Kier alpha value is -2.63. The topological polar surface area (TPSA) is 84.2 Å². The quantitative estimate of drug-likeness (QED) is 0.854. The van der Waals surface area contributed by atoms with Crippen molar-refractivity contribution >= 4 is 11.9 Å². The maximum absolute atomic E-state index is 12.3. The minimum atomic E-state index is -0.960. The molecule has 1 aliphatic rings. The third-order valence-corrected chi connectivity index (χ3v) is 4.51. The molecule has 1 heterocycles. The van der Waals surface area contributed by atoms with Crippen LogP contribution in [0, 0.1) is 0 Å². The molecule has 2 N–H and O–H groups in total. The van der Waals surface area contributed by atoms with Gasteiger partial charge in [-0.1, -0.05) is 43.2 Å². The summed E-state index contributed by atoms with van der Waals surface area (Å²) in [6, 6.07) is 11.0. The number of carboxylic acids is 1. The van der Waals surface area contributed by atoms with E-state index in [9.17, 15) is 14.7 Å². The van der Waals surface area contributed by atoms with E-state index in [1.54, 1.807) is 30.3 Å². The molecular formula is C18H21N3O3. The summed E-state index contributed by atoms with van der Waals surface area (Å²) in [4.78, 5) is 23.7. The molecule has 6 heteroatoms. The van der Waals surface area contributed by atoms with Crippen molar-refractivity contribution in [3.63, 3.8) is 0 Å². The summed E-state index contributed by atoms with van der Waals surface area (Å²) in [5.74, 6) is -2.07. The number of hydrogen-bond donors (Lipinski definition) is 2. The summed E-state index contributed by atoms with van der Waals surface area (Å²) in [5.41, 5.74) is 1.00. The first-order chi connectivity index (χ1) is 11.6. The smallest absolute Gasteiger partial charge is 0.312 e. The molecule has 3 rings (SSSR count). The largest absolute Gasteiger partial charge is 0.481 e. The number of nitrogens with zero attached hydrogens (tertiary/aromatic N) is 2. The Labute approximate surface area is 140 Å². The molecule has 1 aliphatic carbocycles. The molecule has 0 radical (unpaired) electrons. The molecule has 6 nitrogen and oxygen atoms in total. The zero-order valence-corrected chi connectivity index (χ0v) is 13.4. The lowest BCUT2D eigenvalue weighted by atomic mass is 9.99. The van der Waals surface area contributed by atoms with Gasteiger partial charge in [0.15, 0.2) is 0 Å². The van der Waals surface area contributed by atoms with E-state index in [4.69, 9.17) is 0 Å². The van der Waals surface area contributed by atoms with Gasteiger partial charge in [-0.25, -0.2) is 0 Å². The number of hydrogen-bond acceptors (Lipinski definition) is 3. The average molecular weight is 327 g/mol. The second-order valence-electron chi connectivity index (χ2n) is 6.13. The summed E-state index contributed by atoms with van der Waals surface area (Å²) in [6.07, 6.45) is 6.42. The van der Waals surface area contributed by atoms with Crippen LogP contribution in [0.2, 0.25) is 0 Å². The Morgan fingerprint density at radius 1 is 1.21 bits per heavy atom. The zero-order valence-electron chi connectivity index (χ0n) is 13.4. The Bertz CT molecular complexity index is 705. The fraction of sp³-hybridized carbons (Fsp3) is 0.389. The average Bonchev–Trinajstić information content (AvgIpc) is 3.27.